The molecular weight excluding hydrogens is 330 g/mol. The number of halogens is 1. The number of hydrogen-bond acceptors (Lipinski definition) is 3. The Kier molecular flexibility index (Phi) is 6.23. The van der Waals surface area contributed by atoms with Crippen molar-refractivity contribution in [2.45, 2.75) is 51.4 Å². The van der Waals surface area contributed by atoms with Crippen LogP contribution in [0.2, 0.25) is 0 Å². The van der Waals surface area contributed by atoms with E-state index >= 15 is 0 Å². The standard InChI is InChI=1S/C17H26BrNO2/c1-17(2,3)21-11-10-20-16(12-19-15-8-9-15)13-4-6-14(18)7-5-13/h4-7,15-16,19H,8-12H2,1-3H3. The van der Waals surface area contributed by atoms with E-state index in [4.69, 9.17) is 9.47 Å². The van der Waals surface area contributed by atoms with E-state index in [2.05, 4.69) is 66.3 Å². The summed E-state index contributed by atoms with van der Waals surface area (Å²) in [5.74, 6) is 0. The summed E-state index contributed by atoms with van der Waals surface area (Å²) in [4.78, 5) is 0. The highest BCUT2D eigenvalue weighted by Crippen LogP contribution is 2.23. The molecule has 0 bridgehead atoms. The Bertz CT molecular complexity index is 423. The van der Waals surface area contributed by atoms with E-state index in [-0.39, 0.29) is 11.7 Å². The molecule has 0 heterocycles. The predicted octanol–water partition coefficient (Wildman–Crippen LogP) is 4.07. The minimum atomic E-state index is -0.108. The lowest BCUT2D eigenvalue weighted by Gasteiger charge is -2.22. The molecule has 1 N–H and O–H groups in total. The van der Waals surface area contributed by atoms with Gasteiger partial charge in [0.25, 0.3) is 0 Å². The minimum absolute atomic E-state index is 0.0854. The van der Waals surface area contributed by atoms with Crippen molar-refractivity contribution in [1.29, 1.82) is 0 Å². The number of rotatable bonds is 8. The molecule has 0 spiro atoms. The molecule has 2 rings (SSSR count). The number of benzene rings is 1. The zero-order chi connectivity index (χ0) is 15.3. The van der Waals surface area contributed by atoms with Crippen LogP contribution in [-0.2, 0) is 9.47 Å². The van der Waals surface area contributed by atoms with Crippen LogP contribution < -0.4 is 5.32 Å². The van der Waals surface area contributed by atoms with Crippen LogP contribution in [0.5, 0.6) is 0 Å². The topological polar surface area (TPSA) is 30.5 Å². The van der Waals surface area contributed by atoms with Gasteiger partial charge in [-0.2, -0.15) is 0 Å². The summed E-state index contributed by atoms with van der Waals surface area (Å²) in [5.41, 5.74) is 1.10. The lowest BCUT2D eigenvalue weighted by atomic mass is 10.1. The SMILES string of the molecule is CC(C)(C)OCCOC(CNC1CC1)c1ccc(Br)cc1. The fourth-order valence-corrected chi connectivity index (χ4v) is 2.31. The van der Waals surface area contributed by atoms with Crippen LogP contribution in [0, 0.1) is 0 Å². The minimum Gasteiger partial charge on any atom is -0.373 e. The van der Waals surface area contributed by atoms with Crippen molar-refractivity contribution < 1.29 is 9.47 Å². The highest BCUT2D eigenvalue weighted by Gasteiger charge is 2.23. The van der Waals surface area contributed by atoms with Gasteiger partial charge in [0.15, 0.2) is 0 Å². The van der Waals surface area contributed by atoms with E-state index < -0.39 is 0 Å². The maximum absolute atomic E-state index is 6.04. The summed E-state index contributed by atoms with van der Waals surface area (Å²) in [6.45, 7) is 8.29. The molecule has 1 atom stereocenters. The number of hydrogen-bond donors (Lipinski definition) is 1. The fraction of sp³-hybridized carbons (Fsp3) is 0.647. The van der Waals surface area contributed by atoms with Crippen LogP contribution in [0.3, 0.4) is 0 Å². The van der Waals surface area contributed by atoms with Crippen LogP contribution in [0.15, 0.2) is 28.7 Å². The summed E-state index contributed by atoms with van der Waals surface area (Å²) >= 11 is 3.48. The normalized spacial score (nSPS) is 17.0. The zero-order valence-electron chi connectivity index (χ0n) is 13.2. The average molecular weight is 356 g/mol. The molecule has 1 aromatic rings. The first kappa shape index (κ1) is 16.9. The highest BCUT2D eigenvalue weighted by molar-refractivity contribution is 9.10. The molecule has 0 saturated heterocycles. The van der Waals surface area contributed by atoms with Gasteiger partial charge >= 0.3 is 0 Å². The molecule has 4 heteroatoms. The Morgan fingerprint density at radius 2 is 1.86 bits per heavy atom. The van der Waals surface area contributed by atoms with Crippen LogP contribution in [-0.4, -0.2) is 31.4 Å². The van der Waals surface area contributed by atoms with E-state index in [9.17, 15) is 0 Å². The summed E-state index contributed by atoms with van der Waals surface area (Å²) in [5, 5.41) is 3.55. The second kappa shape index (κ2) is 7.73. The van der Waals surface area contributed by atoms with E-state index in [1.54, 1.807) is 0 Å². The third-order valence-electron chi connectivity index (χ3n) is 3.35. The molecular formula is C17H26BrNO2. The second-order valence-electron chi connectivity index (χ2n) is 6.55. The first-order valence-electron chi connectivity index (χ1n) is 7.68. The van der Waals surface area contributed by atoms with E-state index in [0.717, 1.165) is 11.0 Å². The molecule has 21 heavy (non-hydrogen) atoms. The van der Waals surface area contributed by atoms with Crippen molar-refractivity contribution in [3.05, 3.63) is 34.3 Å². The quantitative estimate of drug-likeness (QED) is 0.712. The van der Waals surface area contributed by atoms with Crippen LogP contribution in [0.1, 0.15) is 45.3 Å². The third kappa shape index (κ3) is 6.92. The molecule has 1 saturated carbocycles. The molecule has 1 aliphatic carbocycles. The molecule has 0 radical (unpaired) electrons. The molecule has 0 aliphatic heterocycles. The summed E-state index contributed by atoms with van der Waals surface area (Å²) in [7, 11) is 0. The van der Waals surface area contributed by atoms with Gasteiger partial charge in [0.1, 0.15) is 0 Å². The molecule has 1 fully saturated rings. The predicted molar refractivity (Wildman–Crippen MR) is 89.6 cm³/mol. The Balaban J connectivity index is 1.83. The fourth-order valence-electron chi connectivity index (χ4n) is 2.05. The molecule has 1 unspecified atom stereocenters. The van der Waals surface area contributed by atoms with E-state index in [1.807, 2.05) is 0 Å². The van der Waals surface area contributed by atoms with E-state index in [0.29, 0.717) is 19.3 Å². The van der Waals surface area contributed by atoms with Gasteiger partial charge < -0.3 is 14.8 Å². The van der Waals surface area contributed by atoms with Crippen molar-refractivity contribution in [2.75, 3.05) is 19.8 Å². The molecule has 3 nitrogen and oxygen atoms in total. The zero-order valence-corrected chi connectivity index (χ0v) is 14.8. The highest BCUT2D eigenvalue weighted by atomic mass is 79.9. The van der Waals surface area contributed by atoms with Crippen molar-refractivity contribution in [3.8, 4) is 0 Å². The largest absolute Gasteiger partial charge is 0.373 e. The maximum Gasteiger partial charge on any atom is 0.0950 e. The molecule has 118 valence electrons. The second-order valence-corrected chi connectivity index (χ2v) is 7.47. The Morgan fingerprint density at radius 3 is 2.43 bits per heavy atom. The monoisotopic (exact) mass is 355 g/mol. The Labute approximate surface area is 136 Å². The average Bonchev–Trinajstić information content (AvgIpc) is 3.22. The molecule has 1 aliphatic rings. The molecule has 0 amide bonds. The van der Waals surface area contributed by atoms with Crippen LogP contribution in [0.4, 0.5) is 0 Å². The van der Waals surface area contributed by atoms with Crippen molar-refractivity contribution in [1.82, 2.24) is 5.32 Å². The van der Waals surface area contributed by atoms with Crippen molar-refractivity contribution in [3.63, 3.8) is 0 Å². The van der Waals surface area contributed by atoms with E-state index in [1.165, 1.54) is 18.4 Å². The molecule has 0 aromatic heterocycles. The van der Waals surface area contributed by atoms with Gasteiger partial charge in [0.05, 0.1) is 24.9 Å². The van der Waals surface area contributed by atoms with Crippen molar-refractivity contribution >= 4 is 15.9 Å². The van der Waals surface area contributed by atoms with Gasteiger partial charge in [0.2, 0.25) is 0 Å². The van der Waals surface area contributed by atoms with Gasteiger partial charge in [-0.3, -0.25) is 0 Å². The Morgan fingerprint density at radius 1 is 1.19 bits per heavy atom. The summed E-state index contributed by atoms with van der Waals surface area (Å²) in [6.07, 6.45) is 2.67. The van der Waals surface area contributed by atoms with Gasteiger partial charge in [-0.1, -0.05) is 28.1 Å². The first-order valence-corrected chi connectivity index (χ1v) is 8.48. The van der Waals surface area contributed by atoms with Crippen LogP contribution >= 0.6 is 15.9 Å². The Hall–Kier alpha value is -0.420. The summed E-state index contributed by atoms with van der Waals surface area (Å²) < 4.78 is 12.9. The third-order valence-corrected chi connectivity index (χ3v) is 3.88. The maximum atomic E-state index is 6.04. The lowest BCUT2D eigenvalue weighted by molar-refractivity contribution is -0.0519. The number of ether oxygens (including phenoxy) is 2. The first-order chi connectivity index (χ1) is 9.94. The van der Waals surface area contributed by atoms with Crippen LogP contribution in [0.25, 0.3) is 0 Å². The smallest absolute Gasteiger partial charge is 0.0950 e. The molecule has 1 aromatic carbocycles. The number of nitrogens with one attached hydrogen (secondary N) is 1. The van der Waals surface area contributed by atoms with Gasteiger partial charge in [-0.15, -0.1) is 0 Å². The van der Waals surface area contributed by atoms with Gasteiger partial charge in [-0.25, -0.2) is 0 Å². The lowest BCUT2D eigenvalue weighted by Crippen LogP contribution is -2.27. The van der Waals surface area contributed by atoms with Gasteiger partial charge in [0, 0.05) is 17.1 Å². The van der Waals surface area contributed by atoms with Gasteiger partial charge in [-0.05, 0) is 51.3 Å². The van der Waals surface area contributed by atoms with Crippen molar-refractivity contribution in [2.24, 2.45) is 0 Å². The summed E-state index contributed by atoms with van der Waals surface area (Å²) in [6, 6.07) is 9.06.